The molecule has 1 saturated carbocycles. The predicted octanol–water partition coefficient (Wildman–Crippen LogP) is 3.99. The van der Waals surface area contributed by atoms with E-state index in [1.807, 2.05) is 36.4 Å². The number of rotatable bonds is 5. The highest BCUT2D eigenvalue weighted by Crippen LogP contribution is 2.36. The van der Waals surface area contributed by atoms with Gasteiger partial charge in [-0.1, -0.05) is 12.5 Å². The summed E-state index contributed by atoms with van der Waals surface area (Å²) in [6.45, 7) is 0. The molecule has 1 amide bonds. The van der Waals surface area contributed by atoms with E-state index in [1.165, 1.54) is 0 Å². The van der Waals surface area contributed by atoms with Crippen LogP contribution in [0.5, 0.6) is 11.5 Å². The number of aromatic nitrogens is 2. The third-order valence-corrected chi connectivity index (χ3v) is 5.00. The second-order valence-electron chi connectivity index (χ2n) is 6.52. The van der Waals surface area contributed by atoms with Crippen molar-refractivity contribution in [2.75, 3.05) is 19.5 Å². The minimum absolute atomic E-state index is 0.0585. The highest BCUT2D eigenvalue weighted by molar-refractivity contribution is 6.01. The van der Waals surface area contributed by atoms with Crippen molar-refractivity contribution in [1.82, 2.24) is 10.2 Å². The molecule has 0 bridgehead atoms. The molecule has 0 radical (unpaired) electrons. The van der Waals surface area contributed by atoms with Gasteiger partial charge in [0.2, 0.25) is 5.91 Å². The van der Waals surface area contributed by atoms with Crippen LogP contribution in [0.1, 0.15) is 19.3 Å². The van der Waals surface area contributed by atoms with Crippen LogP contribution in [-0.4, -0.2) is 30.3 Å². The summed E-state index contributed by atoms with van der Waals surface area (Å²) in [5.74, 6) is 2.30. The fourth-order valence-electron chi connectivity index (χ4n) is 3.21. The monoisotopic (exact) mass is 351 g/mol. The molecule has 6 heteroatoms. The van der Waals surface area contributed by atoms with Crippen molar-refractivity contribution in [3.05, 3.63) is 36.4 Å². The lowest BCUT2D eigenvalue weighted by Gasteiger charge is -2.23. The molecule has 6 nitrogen and oxygen atoms in total. The quantitative estimate of drug-likeness (QED) is 0.729. The van der Waals surface area contributed by atoms with Crippen LogP contribution in [0.4, 0.5) is 5.82 Å². The maximum absolute atomic E-state index is 12.2. The summed E-state index contributed by atoms with van der Waals surface area (Å²) in [4.78, 5) is 12.2. The number of fused-ring (bicyclic) bond motifs is 1. The number of methoxy groups -OCH3 is 2. The molecule has 1 heterocycles. The third kappa shape index (κ3) is 2.87. The number of nitrogens with zero attached hydrogens (tertiary/aromatic N) is 1. The van der Waals surface area contributed by atoms with E-state index < -0.39 is 0 Å². The lowest BCUT2D eigenvalue weighted by molar-refractivity contribution is -0.122. The van der Waals surface area contributed by atoms with E-state index in [0.29, 0.717) is 5.82 Å². The van der Waals surface area contributed by atoms with Gasteiger partial charge in [-0.15, -0.1) is 0 Å². The number of ether oxygens (including phenoxy) is 2. The summed E-state index contributed by atoms with van der Waals surface area (Å²) in [6, 6.07) is 11.6. The largest absolute Gasteiger partial charge is 0.497 e. The number of nitrogens with one attached hydrogen (secondary N) is 2. The molecule has 1 aliphatic rings. The van der Waals surface area contributed by atoms with Crippen LogP contribution in [0.25, 0.3) is 22.0 Å². The summed E-state index contributed by atoms with van der Waals surface area (Å²) in [7, 11) is 3.29. The second-order valence-corrected chi connectivity index (χ2v) is 6.52. The van der Waals surface area contributed by atoms with Gasteiger partial charge in [-0.05, 0) is 48.7 Å². The van der Waals surface area contributed by atoms with Crippen LogP contribution < -0.4 is 14.8 Å². The highest BCUT2D eigenvalue weighted by atomic mass is 16.5. The number of H-pyrrole nitrogens is 1. The number of hydrogen-bond acceptors (Lipinski definition) is 4. The van der Waals surface area contributed by atoms with E-state index in [2.05, 4.69) is 15.5 Å². The number of amides is 1. The van der Waals surface area contributed by atoms with E-state index >= 15 is 0 Å². The first-order chi connectivity index (χ1) is 12.7. The Morgan fingerprint density at radius 2 is 2.00 bits per heavy atom. The number of carbonyl (C=O) groups excluding carboxylic acids is 1. The normalized spacial score (nSPS) is 14.1. The Kier molecular flexibility index (Phi) is 4.24. The Hall–Kier alpha value is -3.02. The lowest BCUT2D eigenvalue weighted by Crippen LogP contribution is -2.28. The summed E-state index contributed by atoms with van der Waals surface area (Å²) in [6.07, 6.45) is 3.06. The first-order valence-electron chi connectivity index (χ1n) is 8.71. The van der Waals surface area contributed by atoms with Gasteiger partial charge < -0.3 is 14.8 Å². The number of anilines is 1. The number of benzene rings is 2. The molecule has 2 N–H and O–H groups in total. The SMILES string of the molecule is COc1ccc(OC)c(-c2ccc3c(NC(=O)C4CCC4)n[nH]c3c2)c1. The van der Waals surface area contributed by atoms with Gasteiger partial charge in [0, 0.05) is 16.9 Å². The molecule has 4 rings (SSSR count). The smallest absolute Gasteiger partial charge is 0.228 e. The Bertz CT molecular complexity index is 960. The van der Waals surface area contributed by atoms with Crippen molar-refractivity contribution in [1.29, 1.82) is 0 Å². The standard InChI is InChI=1S/C20H21N3O3/c1-25-14-7-9-18(26-2)16(11-14)13-6-8-15-17(10-13)22-23-19(15)21-20(24)12-4-3-5-12/h6-12H,3-5H2,1-2H3,(H2,21,22,23,24). The van der Waals surface area contributed by atoms with Crippen molar-refractivity contribution in [2.24, 2.45) is 5.92 Å². The molecule has 0 spiro atoms. The number of aromatic amines is 1. The fourth-order valence-corrected chi connectivity index (χ4v) is 3.21. The minimum Gasteiger partial charge on any atom is -0.497 e. The summed E-state index contributed by atoms with van der Waals surface area (Å²) in [5, 5.41) is 11.1. The van der Waals surface area contributed by atoms with Crippen molar-refractivity contribution in [3.63, 3.8) is 0 Å². The molecule has 1 fully saturated rings. The van der Waals surface area contributed by atoms with E-state index in [0.717, 1.165) is 52.8 Å². The van der Waals surface area contributed by atoms with Crippen LogP contribution in [0.3, 0.4) is 0 Å². The number of hydrogen-bond donors (Lipinski definition) is 2. The molecular weight excluding hydrogens is 330 g/mol. The Labute approximate surface area is 151 Å². The molecule has 0 aliphatic heterocycles. The van der Waals surface area contributed by atoms with Crippen LogP contribution >= 0.6 is 0 Å². The van der Waals surface area contributed by atoms with E-state index in [-0.39, 0.29) is 11.8 Å². The Morgan fingerprint density at radius 1 is 1.15 bits per heavy atom. The van der Waals surface area contributed by atoms with Crippen molar-refractivity contribution >= 4 is 22.6 Å². The van der Waals surface area contributed by atoms with Gasteiger partial charge in [0.05, 0.1) is 19.7 Å². The molecule has 0 saturated heterocycles. The molecule has 0 unspecified atom stereocenters. The number of carbonyl (C=O) groups is 1. The molecule has 1 aliphatic carbocycles. The predicted molar refractivity (Wildman–Crippen MR) is 101 cm³/mol. The molecule has 134 valence electrons. The molecule has 26 heavy (non-hydrogen) atoms. The molecule has 2 aromatic carbocycles. The zero-order chi connectivity index (χ0) is 18.1. The summed E-state index contributed by atoms with van der Waals surface area (Å²) < 4.78 is 10.8. The Morgan fingerprint density at radius 3 is 2.69 bits per heavy atom. The average molecular weight is 351 g/mol. The van der Waals surface area contributed by atoms with E-state index in [9.17, 15) is 4.79 Å². The lowest BCUT2D eigenvalue weighted by atomic mass is 9.85. The summed E-state index contributed by atoms with van der Waals surface area (Å²) >= 11 is 0. The highest BCUT2D eigenvalue weighted by Gasteiger charge is 2.26. The third-order valence-electron chi connectivity index (χ3n) is 5.00. The maximum Gasteiger partial charge on any atom is 0.228 e. The molecule has 1 aromatic heterocycles. The second kappa shape index (κ2) is 6.71. The van der Waals surface area contributed by atoms with Crippen molar-refractivity contribution in [2.45, 2.75) is 19.3 Å². The molecule has 3 aromatic rings. The van der Waals surface area contributed by atoms with E-state index in [1.54, 1.807) is 14.2 Å². The van der Waals surface area contributed by atoms with Crippen LogP contribution in [-0.2, 0) is 4.79 Å². The molecule has 0 atom stereocenters. The zero-order valence-electron chi connectivity index (χ0n) is 14.8. The summed E-state index contributed by atoms with van der Waals surface area (Å²) in [5.41, 5.74) is 2.77. The molecular formula is C20H21N3O3. The minimum atomic E-state index is 0.0585. The van der Waals surface area contributed by atoms with Gasteiger partial charge in [-0.2, -0.15) is 5.10 Å². The van der Waals surface area contributed by atoms with Crippen molar-refractivity contribution < 1.29 is 14.3 Å². The first kappa shape index (κ1) is 16.4. The van der Waals surface area contributed by atoms with Gasteiger partial charge in [-0.25, -0.2) is 0 Å². The Balaban J connectivity index is 1.68. The zero-order valence-corrected chi connectivity index (χ0v) is 14.8. The average Bonchev–Trinajstić information content (AvgIpc) is 3.01. The van der Waals surface area contributed by atoms with Gasteiger partial charge >= 0.3 is 0 Å². The van der Waals surface area contributed by atoms with Crippen LogP contribution in [0, 0.1) is 5.92 Å². The van der Waals surface area contributed by atoms with E-state index in [4.69, 9.17) is 9.47 Å². The van der Waals surface area contributed by atoms with Crippen LogP contribution in [0.15, 0.2) is 36.4 Å². The topological polar surface area (TPSA) is 76.2 Å². The van der Waals surface area contributed by atoms with Gasteiger partial charge in [0.1, 0.15) is 11.5 Å². The van der Waals surface area contributed by atoms with Gasteiger partial charge in [-0.3, -0.25) is 9.89 Å². The van der Waals surface area contributed by atoms with Crippen molar-refractivity contribution in [3.8, 4) is 22.6 Å². The van der Waals surface area contributed by atoms with Gasteiger partial charge in [0.15, 0.2) is 5.82 Å². The van der Waals surface area contributed by atoms with Gasteiger partial charge in [0.25, 0.3) is 0 Å². The van der Waals surface area contributed by atoms with Crippen LogP contribution in [0.2, 0.25) is 0 Å². The fraction of sp³-hybridized carbons (Fsp3) is 0.300. The maximum atomic E-state index is 12.2. The first-order valence-corrected chi connectivity index (χ1v) is 8.71.